The molecule has 138 valence electrons. The molecule has 3 N–H and O–H groups in total. The van der Waals surface area contributed by atoms with Gasteiger partial charge in [0.1, 0.15) is 11.4 Å². The third-order valence-corrected chi connectivity index (χ3v) is 6.60. The molecule has 25 heavy (non-hydrogen) atoms. The van der Waals surface area contributed by atoms with Crippen molar-refractivity contribution in [2.24, 2.45) is 5.41 Å². The van der Waals surface area contributed by atoms with E-state index in [4.69, 9.17) is 0 Å². The van der Waals surface area contributed by atoms with Crippen LogP contribution in [0.3, 0.4) is 0 Å². The zero-order valence-corrected chi connectivity index (χ0v) is 15.6. The molecule has 6 nitrogen and oxygen atoms in total. The number of rotatable bonds is 5. The number of phenols is 1. The molecule has 2 aliphatic rings. The first kappa shape index (κ1) is 17.9. The normalized spacial score (nSPS) is 20.7. The molecule has 1 aliphatic heterocycles. The second-order valence-electron chi connectivity index (χ2n) is 7.20. The lowest BCUT2D eigenvalue weighted by Crippen LogP contribution is -2.31. The van der Waals surface area contributed by atoms with Gasteiger partial charge < -0.3 is 10.2 Å². The zero-order chi connectivity index (χ0) is 18.2. The third-order valence-electron chi connectivity index (χ3n) is 5.32. The van der Waals surface area contributed by atoms with Crippen LogP contribution in [0.1, 0.15) is 57.1 Å². The Hall–Kier alpha value is -1.89. The quantitative estimate of drug-likeness (QED) is 0.744. The van der Waals surface area contributed by atoms with Gasteiger partial charge in [0.25, 0.3) is 0 Å². The van der Waals surface area contributed by atoms with Crippen LogP contribution in [0, 0.1) is 5.41 Å². The molecule has 0 spiro atoms. The molecule has 0 bridgehead atoms. The van der Waals surface area contributed by atoms with Gasteiger partial charge in [0.2, 0.25) is 5.88 Å². The number of aliphatic hydroxyl groups excluding tert-OH is 1. The van der Waals surface area contributed by atoms with E-state index in [1.54, 1.807) is 12.1 Å². The minimum Gasteiger partial charge on any atom is -0.506 e. The molecule has 0 unspecified atom stereocenters. The van der Waals surface area contributed by atoms with E-state index in [9.17, 15) is 18.6 Å². The van der Waals surface area contributed by atoms with Crippen molar-refractivity contribution >= 4 is 15.9 Å². The first-order valence-electron chi connectivity index (χ1n) is 8.88. The fourth-order valence-corrected chi connectivity index (χ4v) is 5.39. The number of hydrogen-bond donors (Lipinski definition) is 3. The summed E-state index contributed by atoms with van der Waals surface area (Å²) in [6.07, 6.45) is 8.53. The number of hydrogen-bond acceptors (Lipinski definition) is 4. The summed E-state index contributed by atoms with van der Waals surface area (Å²) < 4.78 is 27.1. The highest BCUT2D eigenvalue weighted by Gasteiger charge is 2.35. The van der Waals surface area contributed by atoms with E-state index in [0.29, 0.717) is 0 Å². The summed E-state index contributed by atoms with van der Waals surface area (Å²) in [6.45, 7) is 4.40. The zero-order valence-electron chi connectivity index (χ0n) is 14.7. The van der Waals surface area contributed by atoms with Crippen LogP contribution in [-0.2, 0) is 23.1 Å². The van der Waals surface area contributed by atoms with Crippen molar-refractivity contribution in [1.82, 2.24) is 4.72 Å². The van der Waals surface area contributed by atoms with E-state index in [-0.39, 0.29) is 16.9 Å². The summed E-state index contributed by atoms with van der Waals surface area (Å²) in [5.41, 5.74) is 2.61. The summed E-state index contributed by atoms with van der Waals surface area (Å²) in [7, 11) is -3.91. The minimum absolute atomic E-state index is 0.0893. The average molecular weight is 366 g/mol. The van der Waals surface area contributed by atoms with E-state index in [1.807, 2.05) is 4.72 Å². The number of aryl methyl sites for hydroxylation is 1. The van der Waals surface area contributed by atoms with Crippen molar-refractivity contribution in [2.75, 3.05) is 4.31 Å². The highest BCUT2D eigenvalue weighted by atomic mass is 32.2. The van der Waals surface area contributed by atoms with Crippen molar-refractivity contribution in [2.45, 2.75) is 58.8 Å². The van der Waals surface area contributed by atoms with Gasteiger partial charge in [0, 0.05) is 0 Å². The van der Waals surface area contributed by atoms with Gasteiger partial charge in [-0.2, -0.15) is 8.42 Å². The van der Waals surface area contributed by atoms with Crippen LogP contribution in [0.2, 0.25) is 0 Å². The summed E-state index contributed by atoms with van der Waals surface area (Å²) in [4.78, 5) is 0. The van der Waals surface area contributed by atoms with Crippen LogP contribution in [0.4, 0.5) is 5.69 Å². The number of aromatic hydroxyl groups is 1. The number of benzene rings is 1. The standard InChI is InChI=1S/C18H26N2O4S/c1-3-6-18(7-4-2)8-5-13-10-16(21)15(9-14(13)11-18)20-12-17(22)19-25(20,23)24/h9-10,12,19,21-22H,3-8,11H2,1-2H3. The van der Waals surface area contributed by atoms with Crippen molar-refractivity contribution < 1.29 is 18.6 Å². The number of phenolic OH excluding ortho intramolecular Hbond substituents is 1. The molecule has 0 amide bonds. The fraction of sp³-hybridized carbons (Fsp3) is 0.556. The molecule has 1 aromatic carbocycles. The Morgan fingerprint density at radius 2 is 1.84 bits per heavy atom. The first-order chi connectivity index (χ1) is 11.8. The van der Waals surface area contributed by atoms with Crippen molar-refractivity contribution in [3.05, 3.63) is 35.3 Å². The predicted octanol–water partition coefficient (Wildman–Crippen LogP) is 3.48. The fourth-order valence-electron chi connectivity index (χ4n) is 4.33. The van der Waals surface area contributed by atoms with Gasteiger partial charge in [-0.25, -0.2) is 9.03 Å². The van der Waals surface area contributed by atoms with Crippen LogP contribution in [0.25, 0.3) is 0 Å². The lowest BCUT2D eigenvalue weighted by Gasteiger charge is -2.39. The Bertz CT molecular complexity index is 796. The number of fused-ring (bicyclic) bond motifs is 1. The summed E-state index contributed by atoms with van der Waals surface area (Å²) in [5.74, 6) is -0.544. The Morgan fingerprint density at radius 1 is 1.16 bits per heavy atom. The van der Waals surface area contributed by atoms with Crippen molar-refractivity contribution in [3.8, 4) is 5.75 Å². The maximum atomic E-state index is 12.1. The molecule has 0 saturated carbocycles. The smallest absolute Gasteiger partial charge is 0.330 e. The highest BCUT2D eigenvalue weighted by Crippen LogP contribution is 2.45. The Balaban J connectivity index is 2.01. The Labute approximate surface area is 149 Å². The van der Waals surface area contributed by atoms with E-state index in [0.717, 1.165) is 66.6 Å². The van der Waals surface area contributed by atoms with E-state index in [1.165, 1.54) is 0 Å². The molecule has 1 aliphatic carbocycles. The number of nitrogens with zero attached hydrogens (tertiary/aromatic N) is 1. The predicted molar refractivity (Wildman–Crippen MR) is 97.6 cm³/mol. The maximum Gasteiger partial charge on any atom is 0.330 e. The molecule has 0 atom stereocenters. The van der Waals surface area contributed by atoms with Gasteiger partial charge in [0.05, 0.1) is 6.20 Å². The topological polar surface area (TPSA) is 89.9 Å². The van der Waals surface area contributed by atoms with Crippen molar-refractivity contribution in [3.63, 3.8) is 0 Å². The number of nitrogens with one attached hydrogen (secondary N) is 1. The van der Waals surface area contributed by atoms with Crippen molar-refractivity contribution in [1.29, 1.82) is 0 Å². The van der Waals surface area contributed by atoms with E-state index < -0.39 is 16.1 Å². The van der Waals surface area contributed by atoms with E-state index >= 15 is 0 Å². The van der Waals surface area contributed by atoms with Gasteiger partial charge in [0.15, 0.2) is 0 Å². The highest BCUT2D eigenvalue weighted by molar-refractivity contribution is 7.91. The molecule has 0 saturated heterocycles. The van der Waals surface area contributed by atoms with Gasteiger partial charge in [-0.15, -0.1) is 0 Å². The Morgan fingerprint density at radius 3 is 2.40 bits per heavy atom. The number of aliphatic hydroxyl groups is 1. The maximum absolute atomic E-state index is 12.1. The summed E-state index contributed by atoms with van der Waals surface area (Å²) >= 11 is 0. The van der Waals surface area contributed by atoms with Crippen LogP contribution in [-0.4, -0.2) is 18.6 Å². The summed E-state index contributed by atoms with van der Waals surface area (Å²) in [5, 5.41) is 19.8. The summed E-state index contributed by atoms with van der Waals surface area (Å²) in [6, 6.07) is 3.43. The molecule has 1 aromatic rings. The molecule has 3 rings (SSSR count). The molecule has 0 radical (unpaired) electrons. The van der Waals surface area contributed by atoms with Gasteiger partial charge >= 0.3 is 10.2 Å². The lowest BCUT2D eigenvalue weighted by molar-refractivity contribution is 0.200. The monoisotopic (exact) mass is 366 g/mol. The van der Waals surface area contributed by atoms with Gasteiger partial charge in [-0.3, -0.25) is 0 Å². The van der Waals surface area contributed by atoms with E-state index in [2.05, 4.69) is 13.8 Å². The Kier molecular flexibility index (Phi) is 4.62. The first-order valence-corrected chi connectivity index (χ1v) is 10.3. The average Bonchev–Trinajstić information content (AvgIpc) is 2.80. The molecule has 0 fully saturated rings. The second-order valence-corrected chi connectivity index (χ2v) is 8.75. The largest absolute Gasteiger partial charge is 0.506 e. The lowest BCUT2D eigenvalue weighted by atomic mass is 9.66. The third kappa shape index (κ3) is 3.29. The van der Waals surface area contributed by atoms with Crippen LogP contribution < -0.4 is 9.03 Å². The second kappa shape index (κ2) is 6.44. The van der Waals surface area contributed by atoms with Crippen LogP contribution in [0.5, 0.6) is 5.75 Å². The molecular formula is C18H26N2O4S. The molecule has 0 aromatic heterocycles. The van der Waals surface area contributed by atoms with Crippen LogP contribution in [0.15, 0.2) is 24.2 Å². The number of anilines is 1. The molecule has 1 heterocycles. The molecular weight excluding hydrogens is 340 g/mol. The van der Waals surface area contributed by atoms with Gasteiger partial charge in [-0.1, -0.05) is 26.7 Å². The van der Waals surface area contributed by atoms with Crippen LogP contribution >= 0.6 is 0 Å². The van der Waals surface area contributed by atoms with Gasteiger partial charge in [-0.05, 0) is 60.8 Å². The minimum atomic E-state index is -3.91. The molecule has 7 heteroatoms. The SMILES string of the molecule is CCCC1(CCC)CCc2cc(O)c(N3C=C(O)NS3(=O)=O)cc2C1.